The molecule has 0 bridgehead atoms. The van der Waals surface area contributed by atoms with Gasteiger partial charge in [0.15, 0.2) is 6.10 Å². The number of amides is 1. The molecule has 2 rings (SSSR count). The number of rotatable bonds is 8. The topological polar surface area (TPSA) is 64.6 Å². The number of anilines is 1. The number of hydrogen-bond acceptors (Lipinski definition) is 5. The van der Waals surface area contributed by atoms with E-state index in [0.29, 0.717) is 24.3 Å². The summed E-state index contributed by atoms with van der Waals surface area (Å²) in [6.45, 7) is 1.57. The average Bonchev–Trinajstić information content (AvgIpc) is 3.08. The SMILES string of the molecule is COc1ccc(NC(=O)[C@@H](C)OC(=O)CCCc2cccs2)cc1. The number of benzene rings is 1. The largest absolute Gasteiger partial charge is 0.497 e. The van der Waals surface area contributed by atoms with Crippen molar-refractivity contribution in [1.29, 1.82) is 0 Å². The predicted molar refractivity (Wildman–Crippen MR) is 94.4 cm³/mol. The van der Waals surface area contributed by atoms with E-state index in [1.54, 1.807) is 49.6 Å². The van der Waals surface area contributed by atoms with E-state index in [-0.39, 0.29) is 11.9 Å². The Balaban J connectivity index is 1.72. The number of carbonyl (C=O) groups excluding carboxylic acids is 2. The molecule has 0 aliphatic rings. The van der Waals surface area contributed by atoms with Crippen LogP contribution >= 0.6 is 11.3 Å². The molecular formula is C18H21NO4S. The molecule has 0 fully saturated rings. The minimum Gasteiger partial charge on any atom is -0.497 e. The molecule has 2 aromatic rings. The monoisotopic (exact) mass is 347 g/mol. The Morgan fingerprint density at radius 3 is 2.58 bits per heavy atom. The first-order valence-electron chi connectivity index (χ1n) is 7.75. The number of hydrogen-bond donors (Lipinski definition) is 1. The number of ether oxygens (including phenoxy) is 2. The van der Waals surface area contributed by atoms with Crippen molar-refractivity contribution in [3.05, 3.63) is 46.7 Å². The maximum atomic E-state index is 12.0. The minimum absolute atomic E-state index is 0.304. The molecule has 1 aromatic carbocycles. The molecule has 24 heavy (non-hydrogen) atoms. The number of methoxy groups -OCH3 is 1. The molecule has 1 amide bonds. The second kappa shape index (κ2) is 9.08. The van der Waals surface area contributed by atoms with Gasteiger partial charge in [-0.15, -0.1) is 11.3 Å². The zero-order valence-corrected chi connectivity index (χ0v) is 14.6. The molecule has 1 N–H and O–H groups in total. The molecule has 0 spiro atoms. The summed E-state index contributed by atoms with van der Waals surface area (Å²) in [5.41, 5.74) is 0.626. The van der Waals surface area contributed by atoms with E-state index in [0.717, 1.165) is 6.42 Å². The van der Waals surface area contributed by atoms with Gasteiger partial charge in [0.25, 0.3) is 5.91 Å². The molecule has 0 aliphatic carbocycles. The van der Waals surface area contributed by atoms with Crippen LogP contribution in [0.1, 0.15) is 24.6 Å². The standard InChI is InChI=1S/C18H21NO4S/c1-13(18(21)19-14-8-10-15(22-2)11-9-14)23-17(20)7-3-5-16-6-4-12-24-16/h4,6,8-13H,3,5,7H2,1-2H3,(H,19,21)/t13-/m1/s1. The van der Waals surface area contributed by atoms with Crippen molar-refractivity contribution >= 4 is 28.9 Å². The Hall–Kier alpha value is -2.34. The number of aryl methyl sites for hydroxylation is 1. The lowest BCUT2D eigenvalue weighted by Gasteiger charge is -2.13. The van der Waals surface area contributed by atoms with Crippen LogP contribution in [0.4, 0.5) is 5.69 Å². The van der Waals surface area contributed by atoms with Gasteiger partial charge in [0.2, 0.25) is 0 Å². The Morgan fingerprint density at radius 1 is 1.21 bits per heavy atom. The lowest BCUT2D eigenvalue weighted by molar-refractivity contribution is -0.153. The van der Waals surface area contributed by atoms with Gasteiger partial charge in [-0.3, -0.25) is 9.59 Å². The van der Waals surface area contributed by atoms with Crippen molar-refractivity contribution in [3.63, 3.8) is 0 Å². The first-order valence-corrected chi connectivity index (χ1v) is 8.63. The third-order valence-electron chi connectivity index (χ3n) is 3.42. The van der Waals surface area contributed by atoms with Gasteiger partial charge in [-0.25, -0.2) is 0 Å². The Labute approximate surface area is 145 Å². The molecule has 0 radical (unpaired) electrons. The van der Waals surface area contributed by atoms with Gasteiger partial charge in [0, 0.05) is 17.0 Å². The molecule has 0 unspecified atom stereocenters. The van der Waals surface area contributed by atoms with Crippen LogP contribution in [0, 0.1) is 0 Å². The zero-order chi connectivity index (χ0) is 17.4. The molecule has 128 valence electrons. The van der Waals surface area contributed by atoms with E-state index >= 15 is 0 Å². The summed E-state index contributed by atoms with van der Waals surface area (Å²) in [5.74, 6) is -0.00562. The molecular weight excluding hydrogens is 326 g/mol. The van der Waals surface area contributed by atoms with Crippen LogP contribution in [0.15, 0.2) is 41.8 Å². The second-order valence-corrected chi connectivity index (χ2v) is 6.32. The maximum absolute atomic E-state index is 12.0. The fourth-order valence-electron chi connectivity index (χ4n) is 2.09. The van der Waals surface area contributed by atoms with E-state index in [4.69, 9.17) is 9.47 Å². The highest BCUT2D eigenvalue weighted by molar-refractivity contribution is 7.09. The minimum atomic E-state index is -0.832. The molecule has 0 aliphatic heterocycles. The molecule has 6 heteroatoms. The van der Waals surface area contributed by atoms with Crippen LogP contribution in [-0.2, 0) is 20.7 Å². The van der Waals surface area contributed by atoms with Crippen molar-refractivity contribution in [2.45, 2.75) is 32.3 Å². The van der Waals surface area contributed by atoms with Crippen LogP contribution in [0.2, 0.25) is 0 Å². The van der Waals surface area contributed by atoms with Crippen LogP contribution in [0.25, 0.3) is 0 Å². The fourth-order valence-corrected chi connectivity index (χ4v) is 2.84. The first-order chi connectivity index (χ1) is 11.6. The summed E-state index contributed by atoms with van der Waals surface area (Å²) in [5, 5.41) is 4.72. The van der Waals surface area contributed by atoms with Gasteiger partial charge in [-0.05, 0) is 55.5 Å². The summed E-state index contributed by atoms with van der Waals surface area (Å²) < 4.78 is 10.2. The second-order valence-electron chi connectivity index (χ2n) is 5.28. The van der Waals surface area contributed by atoms with E-state index < -0.39 is 6.10 Å². The quantitative estimate of drug-likeness (QED) is 0.740. The van der Waals surface area contributed by atoms with Gasteiger partial charge < -0.3 is 14.8 Å². The van der Waals surface area contributed by atoms with Crippen LogP contribution in [-0.4, -0.2) is 25.1 Å². The van der Waals surface area contributed by atoms with Gasteiger partial charge in [0.05, 0.1) is 7.11 Å². The number of carbonyl (C=O) groups is 2. The lowest BCUT2D eigenvalue weighted by atomic mass is 10.2. The molecule has 5 nitrogen and oxygen atoms in total. The molecule has 0 saturated carbocycles. The summed E-state index contributed by atoms with van der Waals surface area (Å²) in [6, 6.07) is 11.0. The van der Waals surface area contributed by atoms with Crippen LogP contribution in [0.3, 0.4) is 0 Å². The van der Waals surface area contributed by atoms with Gasteiger partial charge >= 0.3 is 5.97 Å². The Kier molecular flexibility index (Phi) is 6.81. The van der Waals surface area contributed by atoms with Crippen molar-refractivity contribution in [2.24, 2.45) is 0 Å². The lowest BCUT2D eigenvalue weighted by Crippen LogP contribution is -2.29. The van der Waals surface area contributed by atoms with E-state index in [1.807, 2.05) is 17.5 Å². The van der Waals surface area contributed by atoms with E-state index in [9.17, 15) is 9.59 Å². The van der Waals surface area contributed by atoms with Gasteiger partial charge in [-0.1, -0.05) is 6.07 Å². The third kappa shape index (κ3) is 5.70. The summed E-state index contributed by atoms with van der Waals surface area (Å²) >= 11 is 1.67. The highest BCUT2D eigenvalue weighted by atomic mass is 32.1. The Morgan fingerprint density at radius 2 is 1.96 bits per heavy atom. The predicted octanol–water partition coefficient (Wildman–Crippen LogP) is 3.65. The summed E-state index contributed by atoms with van der Waals surface area (Å²) in [6.07, 6.45) is 1.03. The van der Waals surface area contributed by atoms with Crippen LogP contribution in [0.5, 0.6) is 5.75 Å². The molecule has 1 aromatic heterocycles. The van der Waals surface area contributed by atoms with Gasteiger partial charge in [-0.2, -0.15) is 0 Å². The molecule has 1 heterocycles. The number of esters is 1. The van der Waals surface area contributed by atoms with Crippen LogP contribution < -0.4 is 10.1 Å². The fraction of sp³-hybridized carbons (Fsp3) is 0.333. The summed E-state index contributed by atoms with van der Waals surface area (Å²) in [4.78, 5) is 25.1. The maximum Gasteiger partial charge on any atom is 0.306 e. The number of nitrogens with one attached hydrogen (secondary N) is 1. The first kappa shape index (κ1) is 18.0. The highest BCUT2D eigenvalue weighted by Crippen LogP contribution is 2.16. The van der Waals surface area contributed by atoms with Crippen molar-refractivity contribution in [2.75, 3.05) is 12.4 Å². The molecule has 0 saturated heterocycles. The average molecular weight is 347 g/mol. The highest BCUT2D eigenvalue weighted by Gasteiger charge is 2.17. The molecule has 1 atom stereocenters. The Bertz CT molecular complexity index is 652. The van der Waals surface area contributed by atoms with E-state index in [2.05, 4.69) is 5.32 Å². The van der Waals surface area contributed by atoms with E-state index in [1.165, 1.54) is 4.88 Å². The van der Waals surface area contributed by atoms with Crippen molar-refractivity contribution in [3.8, 4) is 5.75 Å². The normalized spacial score (nSPS) is 11.6. The van der Waals surface area contributed by atoms with Crippen molar-refractivity contribution in [1.82, 2.24) is 0 Å². The van der Waals surface area contributed by atoms with Gasteiger partial charge in [0.1, 0.15) is 5.75 Å². The smallest absolute Gasteiger partial charge is 0.306 e. The third-order valence-corrected chi connectivity index (χ3v) is 4.36. The summed E-state index contributed by atoms with van der Waals surface area (Å²) in [7, 11) is 1.58. The van der Waals surface area contributed by atoms with Crippen molar-refractivity contribution < 1.29 is 19.1 Å². The number of thiophene rings is 1. The zero-order valence-electron chi connectivity index (χ0n) is 13.8.